The molecule has 1 aliphatic rings. The van der Waals surface area contributed by atoms with Crippen LogP contribution in [0.3, 0.4) is 0 Å². The first-order valence-electron chi connectivity index (χ1n) is 5.52. The minimum atomic E-state index is -0.280. The lowest BCUT2D eigenvalue weighted by Gasteiger charge is -2.34. The van der Waals surface area contributed by atoms with Crippen molar-refractivity contribution in [1.82, 2.24) is 4.90 Å². The van der Waals surface area contributed by atoms with Crippen molar-refractivity contribution in [1.29, 1.82) is 0 Å². The lowest BCUT2D eigenvalue weighted by atomic mass is 10.1. The number of halogens is 1. The van der Waals surface area contributed by atoms with E-state index >= 15 is 0 Å². The number of hydrogen-bond acceptors (Lipinski definition) is 3. The van der Waals surface area contributed by atoms with Gasteiger partial charge in [-0.2, -0.15) is 0 Å². The van der Waals surface area contributed by atoms with E-state index in [2.05, 4.69) is 0 Å². The molecule has 0 saturated carbocycles. The number of amides is 1. The van der Waals surface area contributed by atoms with E-state index in [0.29, 0.717) is 19.7 Å². The minimum absolute atomic E-state index is 0.0731. The van der Waals surface area contributed by atoms with Crippen molar-refractivity contribution in [2.24, 2.45) is 5.73 Å². The summed E-state index contributed by atoms with van der Waals surface area (Å²) in [6, 6.07) is 6.02. The van der Waals surface area contributed by atoms with Gasteiger partial charge < -0.3 is 15.4 Å². The van der Waals surface area contributed by atoms with E-state index in [1.165, 1.54) is 12.1 Å². The maximum atomic E-state index is 12.8. The second-order valence-corrected chi connectivity index (χ2v) is 4.05. The average Bonchev–Trinajstić information content (AvgIpc) is 2.34. The topological polar surface area (TPSA) is 55.6 Å². The summed E-state index contributed by atoms with van der Waals surface area (Å²) in [5.74, 6) is -0.353. The van der Waals surface area contributed by atoms with Crippen molar-refractivity contribution >= 4 is 5.91 Å². The zero-order chi connectivity index (χ0) is 12.3. The predicted molar refractivity (Wildman–Crippen MR) is 60.6 cm³/mol. The molecule has 5 heteroatoms. The standard InChI is InChI=1S/C12H15FN2O2/c13-10-3-1-9(2-4-10)6-15-11(5-14)7-17-8-12(15)16/h1-4,11H,5-8,14H2. The number of ether oxygens (including phenoxy) is 1. The number of morpholine rings is 1. The molecular weight excluding hydrogens is 223 g/mol. The molecule has 92 valence electrons. The van der Waals surface area contributed by atoms with E-state index in [-0.39, 0.29) is 24.4 Å². The van der Waals surface area contributed by atoms with E-state index in [1.807, 2.05) is 0 Å². The molecule has 1 aliphatic heterocycles. The number of carbonyl (C=O) groups is 1. The van der Waals surface area contributed by atoms with Crippen LogP contribution in [0.2, 0.25) is 0 Å². The van der Waals surface area contributed by atoms with Crippen LogP contribution in [0.25, 0.3) is 0 Å². The first-order chi connectivity index (χ1) is 8.20. The summed E-state index contributed by atoms with van der Waals surface area (Å²) < 4.78 is 17.9. The van der Waals surface area contributed by atoms with E-state index in [1.54, 1.807) is 17.0 Å². The minimum Gasteiger partial charge on any atom is -0.369 e. The van der Waals surface area contributed by atoms with Crippen LogP contribution in [-0.4, -0.2) is 36.6 Å². The van der Waals surface area contributed by atoms with Gasteiger partial charge >= 0.3 is 0 Å². The van der Waals surface area contributed by atoms with Crippen LogP contribution in [0.1, 0.15) is 5.56 Å². The van der Waals surface area contributed by atoms with Gasteiger partial charge in [-0.25, -0.2) is 4.39 Å². The smallest absolute Gasteiger partial charge is 0.249 e. The van der Waals surface area contributed by atoms with Gasteiger partial charge in [0.2, 0.25) is 5.91 Å². The van der Waals surface area contributed by atoms with Crippen LogP contribution in [0.5, 0.6) is 0 Å². The molecule has 1 fully saturated rings. The van der Waals surface area contributed by atoms with Crippen molar-refractivity contribution in [3.63, 3.8) is 0 Å². The van der Waals surface area contributed by atoms with Crippen LogP contribution in [0.15, 0.2) is 24.3 Å². The highest BCUT2D eigenvalue weighted by Gasteiger charge is 2.27. The van der Waals surface area contributed by atoms with Gasteiger partial charge in [-0.1, -0.05) is 12.1 Å². The van der Waals surface area contributed by atoms with Gasteiger partial charge in [0.1, 0.15) is 12.4 Å². The zero-order valence-electron chi connectivity index (χ0n) is 9.43. The van der Waals surface area contributed by atoms with Gasteiger partial charge in [0.05, 0.1) is 12.6 Å². The highest BCUT2D eigenvalue weighted by Crippen LogP contribution is 2.13. The maximum absolute atomic E-state index is 12.8. The first-order valence-corrected chi connectivity index (χ1v) is 5.52. The molecule has 0 aliphatic carbocycles. The molecule has 0 aromatic heterocycles. The Hall–Kier alpha value is -1.46. The van der Waals surface area contributed by atoms with Crippen LogP contribution >= 0.6 is 0 Å². The largest absolute Gasteiger partial charge is 0.369 e. The Balaban J connectivity index is 2.09. The van der Waals surface area contributed by atoms with Crippen molar-refractivity contribution in [3.05, 3.63) is 35.6 Å². The first kappa shape index (κ1) is 12.0. The van der Waals surface area contributed by atoms with E-state index in [0.717, 1.165) is 5.56 Å². The summed E-state index contributed by atoms with van der Waals surface area (Å²) in [5.41, 5.74) is 6.49. The van der Waals surface area contributed by atoms with Crippen LogP contribution in [0.4, 0.5) is 4.39 Å². The number of rotatable bonds is 3. The third-order valence-electron chi connectivity index (χ3n) is 2.84. The third-order valence-corrected chi connectivity index (χ3v) is 2.84. The number of benzene rings is 1. The molecule has 1 heterocycles. The number of nitrogens with two attached hydrogens (primary N) is 1. The molecule has 1 aromatic rings. The molecule has 2 N–H and O–H groups in total. The van der Waals surface area contributed by atoms with Gasteiger partial charge in [-0.3, -0.25) is 4.79 Å². The van der Waals surface area contributed by atoms with Crippen molar-refractivity contribution in [2.75, 3.05) is 19.8 Å². The van der Waals surface area contributed by atoms with Crippen LogP contribution < -0.4 is 5.73 Å². The van der Waals surface area contributed by atoms with Gasteiger partial charge in [0.15, 0.2) is 0 Å². The maximum Gasteiger partial charge on any atom is 0.249 e. The molecule has 0 radical (unpaired) electrons. The van der Waals surface area contributed by atoms with Crippen LogP contribution in [0, 0.1) is 5.82 Å². The molecule has 0 bridgehead atoms. The monoisotopic (exact) mass is 238 g/mol. The van der Waals surface area contributed by atoms with Crippen LogP contribution in [-0.2, 0) is 16.1 Å². The highest BCUT2D eigenvalue weighted by molar-refractivity contribution is 5.78. The summed E-state index contributed by atoms with van der Waals surface area (Å²) in [7, 11) is 0. The molecule has 1 unspecified atom stereocenters. The molecule has 2 rings (SSSR count). The zero-order valence-corrected chi connectivity index (χ0v) is 9.43. The summed E-state index contributed by atoms with van der Waals surface area (Å²) in [6.07, 6.45) is 0. The van der Waals surface area contributed by atoms with Crippen molar-refractivity contribution < 1.29 is 13.9 Å². The fourth-order valence-electron chi connectivity index (χ4n) is 1.86. The molecular formula is C12H15FN2O2. The predicted octanol–water partition coefficient (Wildman–Crippen LogP) is 0.512. The van der Waals surface area contributed by atoms with Gasteiger partial charge in [0.25, 0.3) is 0 Å². The quantitative estimate of drug-likeness (QED) is 0.835. The fraction of sp³-hybridized carbons (Fsp3) is 0.417. The lowest BCUT2D eigenvalue weighted by Crippen LogP contribution is -2.52. The molecule has 1 saturated heterocycles. The Labute approximate surface area is 99.2 Å². The van der Waals surface area contributed by atoms with Gasteiger partial charge in [0, 0.05) is 13.1 Å². The Morgan fingerprint density at radius 1 is 1.41 bits per heavy atom. The Morgan fingerprint density at radius 2 is 2.12 bits per heavy atom. The Bertz CT molecular complexity index is 394. The van der Waals surface area contributed by atoms with Gasteiger partial charge in [-0.15, -0.1) is 0 Å². The van der Waals surface area contributed by atoms with Crippen molar-refractivity contribution in [2.45, 2.75) is 12.6 Å². The SMILES string of the molecule is NCC1COCC(=O)N1Cc1ccc(F)cc1. The number of carbonyl (C=O) groups excluding carboxylic acids is 1. The van der Waals surface area contributed by atoms with E-state index in [4.69, 9.17) is 10.5 Å². The molecule has 1 aromatic carbocycles. The molecule has 1 atom stereocenters. The highest BCUT2D eigenvalue weighted by atomic mass is 19.1. The molecule has 4 nitrogen and oxygen atoms in total. The summed E-state index contributed by atoms with van der Waals surface area (Å²) in [4.78, 5) is 13.4. The molecule has 17 heavy (non-hydrogen) atoms. The van der Waals surface area contributed by atoms with E-state index < -0.39 is 0 Å². The summed E-state index contributed by atoms with van der Waals surface area (Å²) in [6.45, 7) is 1.37. The van der Waals surface area contributed by atoms with Crippen molar-refractivity contribution in [3.8, 4) is 0 Å². The van der Waals surface area contributed by atoms with E-state index in [9.17, 15) is 9.18 Å². The number of hydrogen-bond donors (Lipinski definition) is 1. The molecule has 0 spiro atoms. The second kappa shape index (κ2) is 5.25. The van der Waals surface area contributed by atoms with Gasteiger partial charge in [-0.05, 0) is 17.7 Å². The Morgan fingerprint density at radius 3 is 2.76 bits per heavy atom. The number of nitrogens with zero attached hydrogens (tertiary/aromatic N) is 1. The molecule has 1 amide bonds. The summed E-state index contributed by atoms with van der Waals surface area (Å²) >= 11 is 0. The second-order valence-electron chi connectivity index (χ2n) is 4.05. The lowest BCUT2D eigenvalue weighted by molar-refractivity contribution is -0.148. The average molecular weight is 238 g/mol. The summed E-state index contributed by atoms with van der Waals surface area (Å²) in [5, 5.41) is 0. The fourth-order valence-corrected chi connectivity index (χ4v) is 1.86. The third kappa shape index (κ3) is 2.81. The normalized spacial score (nSPS) is 20.7. The Kier molecular flexibility index (Phi) is 3.71.